The number of nitrogens with one attached hydrogen (secondary N) is 1. The largest absolute Gasteiger partial charge is 0.277 e. The highest BCUT2D eigenvalue weighted by molar-refractivity contribution is 6.29. The van der Waals surface area contributed by atoms with Gasteiger partial charge in [-0.05, 0) is 18.2 Å². The van der Waals surface area contributed by atoms with E-state index in [0.717, 1.165) is 11.1 Å². The smallest absolute Gasteiger partial charge is 0.270 e. The van der Waals surface area contributed by atoms with Gasteiger partial charge < -0.3 is 0 Å². The molecule has 0 aliphatic rings. The second kappa shape index (κ2) is 4.33. The number of nitro benzene ring substituents is 1. The van der Waals surface area contributed by atoms with E-state index in [4.69, 9.17) is 11.6 Å². The van der Waals surface area contributed by atoms with Gasteiger partial charge in [0.15, 0.2) is 0 Å². The van der Waals surface area contributed by atoms with E-state index in [1.54, 1.807) is 24.4 Å². The second-order valence-corrected chi connectivity index (χ2v) is 4.31. The van der Waals surface area contributed by atoms with E-state index in [-0.39, 0.29) is 5.69 Å². The molecule has 0 fully saturated rings. The van der Waals surface area contributed by atoms with Gasteiger partial charge in [0.05, 0.1) is 10.4 Å². The third-order valence-corrected chi connectivity index (χ3v) is 2.96. The molecule has 0 saturated heterocycles. The van der Waals surface area contributed by atoms with E-state index in [0.29, 0.717) is 16.2 Å². The molecule has 0 atom stereocenters. The fraction of sp³-hybridized carbons (Fsp3) is 0. The first-order valence-electron chi connectivity index (χ1n) is 5.39. The number of hydrogen-bond acceptors (Lipinski definition) is 4. The average Bonchev–Trinajstić information content (AvgIpc) is 2.81. The van der Waals surface area contributed by atoms with Gasteiger partial charge in [0.25, 0.3) is 5.69 Å². The number of nitrogens with zero attached hydrogens (tertiary/aromatic N) is 3. The Kier molecular flexibility index (Phi) is 2.64. The molecule has 0 aliphatic carbocycles. The van der Waals surface area contributed by atoms with Crippen LogP contribution in [-0.2, 0) is 0 Å². The Bertz CT molecular complexity index is 784. The second-order valence-electron chi connectivity index (χ2n) is 3.93. The number of aromatic amines is 1. The zero-order chi connectivity index (χ0) is 13.4. The Morgan fingerprint density at radius 3 is 2.84 bits per heavy atom. The predicted molar refractivity (Wildman–Crippen MR) is 71.0 cm³/mol. The van der Waals surface area contributed by atoms with E-state index in [1.165, 1.54) is 12.1 Å². The van der Waals surface area contributed by atoms with E-state index in [1.807, 2.05) is 0 Å². The van der Waals surface area contributed by atoms with Crippen molar-refractivity contribution in [3.63, 3.8) is 0 Å². The minimum absolute atomic E-state index is 0.0234. The molecule has 0 radical (unpaired) electrons. The van der Waals surface area contributed by atoms with Gasteiger partial charge in [-0.15, -0.1) is 0 Å². The number of benzene rings is 1. The SMILES string of the molecule is O=[N+]([O-])c1ccc2[nH]nc(-c3ccnc(Cl)c3)c2c1. The van der Waals surface area contributed by atoms with E-state index in [2.05, 4.69) is 15.2 Å². The summed E-state index contributed by atoms with van der Waals surface area (Å²) in [7, 11) is 0. The van der Waals surface area contributed by atoms with Crippen LogP contribution in [0.2, 0.25) is 5.15 Å². The van der Waals surface area contributed by atoms with Crippen molar-refractivity contribution in [1.29, 1.82) is 0 Å². The quantitative estimate of drug-likeness (QED) is 0.442. The Morgan fingerprint density at radius 1 is 1.26 bits per heavy atom. The van der Waals surface area contributed by atoms with E-state index < -0.39 is 4.92 Å². The molecule has 2 heterocycles. The maximum atomic E-state index is 10.8. The van der Waals surface area contributed by atoms with Crippen molar-refractivity contribution in [3.05, 3.63) is 51.8 Å². The molecule has 0 spiro atoms. The van der Waals surface area contributed by atoms with Crippen molar-refractivity contribution in [1.82, 2.24) is 15.2 Å². The summed E-state index contributed by atoms with van der Waals surface area (Å²) in [6.45, 7) is 0. The van der Waals surface area contributed by atoms with Crippen LogP contribution in [0.1, 0.15) is 0 Å². The number of pyridine rings is 1. The van der Waals surface area contributed by atoms with Gasteiger partial charge in [-0.25, -0.2) is 4.98 Å². The molecule has 0 saturated carbocycles. The zero-order valence-corrected chi connectivity index (χ0v) is 10.3. The van der Waals surface area contributed by atoms with Gasteiger partial charge in [0, 0.05) is 29.3 Å². The first-order valence-corrected chi connectivity index (χ1v) is 5.77. The fourth-order valence-electron chi connectivity index (χ4n) is 1.89. The Morgan fingerprint density at radius 2 is 2.11 bits per heavy atom. The Hall–Kier alpha value is -2.47. The van der Waals surface area contributed by atoms with Crippen molar-refractivity contribution < 1.29 is 4.92 Å². The van der Waals surface area contributed by atoms with Gasteiger partial charge in [0.1, 0.15) is 10.8 Å². The van der Waals surface area contributed by atoms with Gasteiger partial charge in [-0.3, -0.25) is 15.2 Å². The predicted octanol–water partition coefficient (Wildman–Crippen LogP) is 3.19. The van der Waals surface area contributed by atoms with Crippen molar-refractivity contribution in [2.45, 2.75) is 0 Å². The summed E-state index contributed by atoms with van der Waals surface area (Å²) in [5, 5.41) is 18.8. The van der Waals surface area contributed by atoms with Crippen LogP contribution in [0.15, 0.2) is 36.5 Å². The normalized spacial score (nSPS) is 10.8. The lowest BCUT2D eigenvalue weighted by Gasteiger charge is -1.98. The lowest BCUT2D eigenvalue weighted by molar-refractivity contribution is -0.384. The summed E-state index contributed by atoms with van der Waals surface area (Å²) in [6, 6.07) is 7.97. The third-order valence-electron chi connectivity index (χ3n) is 2.76. The highest BCUT2D eigenvalue weighted by atomic mass is 35.5. The van der Waals surface area contributed by atoms with Crippen LogP contribution in [0.3, 0.4) is 0 Å². The van der Waals surface area contributed by atoms with Crippen LogP contribution in [0, 0.1) is 10.1 Å². The van der Waals surface area contributed by atoms with Gasteiger partial charge in [-0.1, -0.05) is 11.6 Å². The number of nitro groups is 1. The summed E-state index contributed by atoms with van der Waals surface area (Å²) in [4.78, 5) is 14.3. The summed E-state index contributed by atoms with van der Waals surface area (Å²) in [5.41, 5.74) is 2.12. The standard InChI is InChI=1S/C12H7ClN4O2/c13-11-5-7(3-4-14-11)12-9-6-8(17(18)19)1-2-10(9)15-16-12/h1-6H,(H,15,16). The summed E-state index contributed by atoms with van der Waals surface area (Å²) in [5.74, 6) is 0. The molecule has 0 bridgehead atoms. The Labute approximate surface area is 112 Å². The molecule has 1 N–H and O–H groups in total. The van der Waals surface area contributed by atoms with Gasteiger partial charge in [0.2, 0.25) is 0 Å². The molecule has 1 aromatic carbocycles. The number of rotatable bonds is 2. The molecular weight excluding hydrogens is 268 g/mol. The molecule has 7 heteroatoms. The van der Waals surface area contributed by atoms with Crippen LogP contribution in [0.5, 0.6) is 0 Å². The lowest BCUT2D eigenvalue weighted by Crippen LogP contribution is -1.87. The summed E-state index contributed by atoms with van der Waals surface area (Å²) in [6.07, 6.45) is 1.57. The molecule has 0 aliphatic heterocycles. The molecule has 0 amide bonds. The van der Waals surface area contributed by atoms with Crippen molar-refractivity contribution in [3.8, 4) is 11.3 Å². The summed E-state index contributed by atoms with van der Waals surface area (Å²) >= 11 is 5.84. The van der Waals surface area contributed by atoms with Crippen LogP contribution >= 0.6 is 11.6 Å². The summed E-state index contributed by atoms with van der Waals surface area (Å²) < 4.78 is 0. The zero-order valence-electron chi connectivity index (χ0n) is 9.50. The first-order chi connectivity index (χ1) is 9.15. The van der Waals surface area contributed by atoms with Crippen LogP contribution in [0.25, 0.3) is 22.2 Å². The van der Waals surface area contributed by atoms with Crippen LogP contribution in [-0.4, -0.2) is 20.1 Å². The van der Waals surface area contributed by atoms with Gasteiger partial charge >= 0.3 is 0 Å². The molecule has 6 nitrogen and oxygen atoms in total. The maximum absolute atomic E-state index is 10.8. The monoisotopic (exact) mass is 274 g/mol. The first kappa shape index (κ1) is 11.6. The van der Waals surface area contributed by atoms with Crippen LogP contribution in [0.4, 0.5) is 5.69 Å². The molecule has 2 aromatic heterocycles. The van der Waals surface area contributed by atoms with Crippen LogP contribution < -0.4 is 0 Å². The van der Waals surface area contributed by atoms with Crippen molar-refractivity contribution in [2.24, 2.45) is 0 Å². The minimum atomic E-state index is -0.435. The van der Waals surface area contributed by atoms with Crippen molar-refractivity contribution in [2.75, 3.05) is 0 Å². The fourth-order valence-corrected chi connectivity index (χ4v) is 2.06. The number of fused-ring (bicyclic) bond motifs is 1. The number of halogens is 1. The highest BCUT2D eigenvalue weighted by Crippen LogP contribution is 2.29. The average molecular weight is 275 g/mol. The topological polar surface area (TPSA) is 84.7 Å². The number of aromatic nitrogens is 3. The van der Waals surface area contributed by atoms with E-state index >= 15 is 0 Å². The number of hydrogen-bond donors (Lipinski definition) is 1. The van der Waals surface area contributed by atoms with Crippen molar-refractivity contribution >= 4 is 28.2 Å². The molecule has 94 valence electrons. The lowest BCUT2D eigenvalue weighted by atomic mass is 10.1. The molecule has 3 aromatic rings. The maximum Gasteiger partial charge on any atom is 0.270 e. The molecular formula is C12H7ClN4O2. The number of non-ortho nitro benzene ring substituents is 1. The molecule has 3 rings (SSSR count). The number of H-pyrrole nitrogens is 1. The van der Waals surface area contributed by atoms with E-state index in [9.17, 15) is 10.1 Å². The minimum Gasteiger partial charge on any atom is -0.277 e. The Balaban J connectivity index is 2.24. The molecule has 19 heavy (non-hydrogen) atoms. The molecule has 0 unspecified atom stereocenters. The van der Waals surface area contributed by atoms with Gasteiger partial charge in [-0.2, -0.15) is 5.10 Å². The highest BCUT2D eigenvalue weighted by Gasteiger charge is 2.13. The third kappa shape index (κ3) is 2.02.